The number of hydrogen-bond acceptors (Lipinski definition) is 6. The van der Waals surface area contributed by atoms with E-state index in [2.05, 4.69) is 10.1 Å². The van der Waals surface area contributed by atoms with Crippen LogP contribution in [-0.4, -0.2) is 46.8 Å². The lowest BCUT2D eigenvalue weighted by Crippen LogP contribution is -2.44. The van der Waals surface area contributed by atoms with E-state index in [-0.39, 0.29) is 5.09 Å². The van der Waals surface area contributed by atoms with Crippen LogP contribution in [0.4, 0.5) is 0 Å². The van der Waals surface area contributed by atoms with Crippen LogP contribution in [0.25, 0.3) is 0 Å². The SMILES string of the molecule is COCCNCc1ccc(S(=O)(=O)NN2CCCCC2)o1. The fraction of sp³-hybridized carbons (Fsp3) is 0.692. The molecule has 21 heavy (non-hydrogen) atoms. The number of piperidine rings is 1. The summed E-state index contributed by atoms with van der Waals surface area (Å²) in [5, 5.41) is 4.79. The van der Waals surface area contributed by atoms with Crippen molar-refractivity contribution in [3.63, 3.8) is 0 Å². The largest absolute Gasteiger partial charge is 0.447 e. The minimum absolute atomic E-state index is 0.0448. The van der Waals surface area contributed by atoms with Crippen molar-refractivity contribution < 1.29 is 17.6 Å². The molecule has 8 heteroatoms. The summed E-state index contributed by atoms with van der Waals surface area (Å²) in [6.45, 7) is 3.24. The summed E-state index contributed by atoms with van der Waals surface area (Å²) in [7, 11) is -1.99. The lowest BCUT2D eigenvalue weighted by atomic mass is 10.2. The molecule has 2 N–H and O–H groups in total. The van der Waals surface area contributed by atoms with Crippen LogP contribution in [0, 0.1) is 0 Å². The van der Waals surface area contributed by atoms with Crippen LogP contribution in [0.5, 0.6) is 0 Å². The monoisotopic (exact) mass is 317 g/mol. The maximum absolute atomic E-state index is 12.2. The molecule has 0 aromatic carbocycles. The van der Waals surface area contributed by atoms with Crippen LogP contribution in [0.3, 0.4) is 0 Å². The van der Waals surface area contributed by atoms with Gasteiger partial charge in [-0.15, -0.1) is 4.83 Å². The molecule has 0 unspecified atom stereocenters. The highest BCUT2D eigenvalue weighted by Gasteiger charge is 2.23. The number of nitrogens with zero attached hydrogens (tertiary/aromatic N) is 1. The van der Waals surface area contributed by atoms with Crippen LogP contribution < -0.4 is 10.1 Å². The van der Waals surface area contributed by atoms with Crippen LogP contribution in [-0.2, 0) is 21.3 Å². The number of furan rings is 1. The molecule has 1 aliphatic rings. The van der Waals surface area contributed by atoms with Gasteiger partial charge in [0.2, 0.25) is 5.09 Å². The summed E-state index contributed by atoms with van der Waals surface area (Å²) < 4.78 is 34.7. The lowest BCUT2D eigenvalue weighted by molar-refractivity contribution is 0.196. The maximum Gasteiger partial charge on any atom is 0.286 e. The molecule has 0 radical (unpaired) electrons. The van der Waals surface area contributed by atoms with Gasteiger partial charge in [-0.2, -0.15) is 0 Å². The van der Waals surface area contributed by atoms with Gasteiger partial charge in [0.25, 0.3) is 10.0 Å². The second kappa shape index (κ2) is 7.90. The molecule has 0 amide bonds. The van der Waals surface area contributed by atoms with Crippen molar-refractivity contribution in [2.24, 2.45) is 0 Å². The number of nitrogens with one attached hydrogen (secondary N) is 2. The van der Waals surface area contributed by atoms with Crippen molar-refractivity contribution in [2.45, 2.75) is 30.9 Å². The molecule has 1 saturated heterocycles. The zero-order valence-corrected chi connectivity index (χ0v) is 13.1. The van der Waals surface area contributed by atoms with Crippen LogP contribution >= 0.6 is 0 Å². The first-order valence-electron chi connectivity index (χ1n) is 7.17. The van der Waals surface area contributed by atoms with E-state index in [1.165, 1.54) is 6.07 Å². The van der Waals surface area contributed by atoms with E-state index in [1.54, 1.807) is 18.2 Å². The van der Waals surface area contributed by atoms with E-state index < -0.39 is 10.0 Å². The summed E-state index contributed by atoms with van der Waals surface area (Å²) >= 11 is 0. The molecule has 1 fully saturated rings. The van der Waals surface area contributed by atoms with Gasteiger partial charge in [-0.05, 0) is 25.0 Å². The molecular weight excluding hydrogens is 294 g/mol. The topological polar surface area (TPSA) is 83.8 Å². The number of hydrogen-bond donors (Lipinski definition) is 2. The van der Waals surface area contributed by atoms with E-state index in [0.29, 0.717) is 25.5 Å². The second-order valence-corrected chi connectivity index (χ2v) is 6.62. The van der Waals surface area contributed by atoms with E-state index in [4.69, 9.17) is 9.15 Å². The zero-order chi connectivity index (χ0) is 15.1. The second-order valence-electron chi connectivity index (χ2n) is 5.03. The Hall–Kier alpha value is -0.930. The Morgan fingerprint density at radius 2 is 2.05 bits per heavy atom. The highest BCUT2D eigenvalue weighted by molar-refractivity contribution is 7.89. The van der Waals surface area contributed by atoms with Crippen molar-refractivity contribution in [3.8, 4) is 0 Å². The Bertz CT molecular complexity index is 523. The molecule has 0 saturated carbocycles. The lowest BCUT2D eigenvalue weighted by Gasteiger charge is -2.25. The number of hydrazine groups is 1. The molecule has 1 aromatic heterocycles. The average molecular weight is 317 g/mol. The maximum atomic E-state index is 12.2. The normalized spacial score (nSPS) is 17.2. The number of sulfonamides is 1. The first kappa shape index (κ1) is 16.4. The Kier molecular flexibility index (Phi) is 6.19. The van der Waals surface area contributed by atoms with E-state index in [0.717, 1.165) is 32.4 Å². The van der Waals surface area contributed by atoms with E-state index in [1.807, 2.05) is 0 Å². The van der Waals surface area contributed by atoms with Gasteiger partial charge < -0.3 is 14.5 Å². The minimum Gasteiger partial charge on any atom is -0.447 e. The van der Waals surface area contributed by atoms with E-state index >= 15 is 0 Å². The van der Waals surface area contributed by atoms with Gasteiger partial charge in [-0.25, -0.2) is 13.4 Å². The molecule has 120 valence electrons. The highest BCUT2D eigenvalue weighted by Crippen LogP contribution is 2.15. The number of methoxy groups -OCH3 is 1. The molecule has 0 bridgehead atoms. The summed E-state index contributed by atoms with van der Waals surface area (Å²) in [4.78, 5) is 2.57. The summed E-state index contributed by atoms with van der Waals surface area (Å²) in [6, 6.07) is 3.16. The van der Waals surface area contributed by atoms with Crippen molar-refractivity contribution in [1.82, 2.24) is 15.2 Å². The zero-order valence-electron chi connectivity index (χ0n) is 12.3. The van der Waals surface area contributed by atoms with Crippen molar-refractivity contribution in [2.75, 3.05) is 33.4 Å². The highest BCUT2D eigenvalue weighted by atomic mass is 32.2. The third-order valence-corrected chi connectivity index (χ3v) is 4.54. The predicted molar refractivity (Wildman–Crippen MR) is 78.0 cm³/mol. The Balaban J connectivity index is 1.89. The first-order valence-corrected chi connectivity index (χ1v) is 8.66. The van der Waals surface area contributed by atoms with Gasteiger partial charge in [-0.1, -0.05) is 6.42 Å². The minimum atomic E-state index is -3.62. The van der Waals surface area contributed by atoms with E-state index in [9.17, 15) is 8.42 Å². The van der Waals surface area contributed by atoms with Crippen molar-refractivity contribution in [3.05, 3.63) is 17.9 Å². The molecule has 2 rings (SSSR count). The Morgan fingerprint density at radius 1 is 1.29 bits per heavy atom. The van der Waals surface area contributed by atoms with Crippen molar-refractivity contribution >= 4 is 10.0 Å². The smallest absolute Gasteiger partial charge is 0.286 e. The van der Waals surface area contributed by atoms with Gasteiger partial charge in [0.1, 0.15) is 5.76 Å². The Labute approximate surface area is 125 Å². The molecule has 1 aliphatic heterocycles. The first-order chi connectivity index (χ1) is 10.1. The summed E-state index contributed by atoms with van der Waals surface area (Å²) in [6.07, 6.45) is 3.17. The van der Waals surface area contributed by atoms with Gasteiger partial charge in [0.15, 0.2) is 0 Å². The number of ether oxygens (including phenoxy) is 1. The molecule has 7 nitrogen and oxygen atoms in total. The summed E-state index contributed by atoms with van der Waals surface area (Å²) in [5.74, 6) is 0.588. The molecule has 0 atom stereocenters. The quantitative estimate of drug-likeness (QED) is 0.687. The predicted octanol–water partition coefficient (Wildman–Crippen LogP) is 0.695. The third-order valence-electron chi connectivity index (χ3n) is 3.29. The van der Waals surface area contributed by atoms with Gasteiger partial charge in [-0.3, -0.25) is 0 Å². The Morgan fingerprint density at radius 3 is 2.76 bits per heavy atom. The van der Waals surface area contributed by atoms with Crippen LogP contribution in [0.1, 0.15) is 25.0 Å². The number of rotatable bonds is 8. The molecular formula is C13H23N3O4S. The molecule has 1 aromatic rings. The third kappa shape index (κ3) is 5.08. The van der Waals surface area contributed by atoms with Gasteiger partial charge in [0.05, 0.1) is 13.2 Å². The van der Waals surface area contributed by atoms with Gasteiger partial charge in [0, 0.05) is 26.7 Å². The molecule has 0 aliphatic carbocycles. The summed E-state index contributed by atoms with van der Waals surface area (Å²) in [5.41, 5.74) is 0. The fourth-order valence-electron chi connectivity index (χ4n) is 2.18. The average Bonchev–Trinajstić information content (AvgIpc) is 2.94. The molecule has 2 heterocycles. The van der Waals surface area contributed by atoms with Crippen LogP contribution in [0.15, 0.2) is 21.6 Å². The van der Waals surface area contributed by atoms with Crippen LogP contribution in [0.2, 0.25) is 0 Å². The standard InChI is InChI=1S/C13H23N3O4S/c1-19-10-7-14-11-12-5-6-13(20-12)21(17,18)15-16-8-3-2-4-9-16/h5-6,14-15H,2-4,7-11H2,1H3. The fourth-order valence-corrected chi connectivity index (χ4v) is 3.26. The van der Waals surface area contributed by atoms with Gasteiger partial charge >= 0.3 is 0 Å². The molecule has 0 spiro atoms. The van der Waals surface area contributed by atoms with Crippen molar-refractivity contribution in [1.29, 1.82) is 0 Å².